The van der Waals surface area contributed by atoms with E-state index in [-0.39, 0.29) is 0 Å². The smallest absolute Gasteiger partial charge is 0.0948 e. The lowest BCUT2D eigenvalue weighted by molar-refractivity contribution is 0.485. The van der Waals surface area contributed by atoms with Crippen molar-refractivity contribution in [2.45, 2.75) is 39.2 Å². The zero-order valence-corrected chi connectivity index (χ0v) is 9.24. The number of aromatic nitrogens is 2. The van der Waals surface area contributed by atoms with Crippen LogP contribution in [-0.4, -0.2) is 22.6 Å². The maximum absolute atomic E-state index is 4.04. The Morgan fingerprint density at radius 3 is 2.93 bits per heavy atom. The maximum atomic E-state index is 4.04. The van der Waals surface area contributed by atoms with Crippen molar-refractivity contribution >= 4 is 0 Å². The van der Waals surface area contributed by atoms with Crippen molar-refractivity contribution in [2.24, 2.45) is 0 Å². The average molecular weight is 195 g/mol. The van der Waals surface area contributed by atoms with Crippen LogP contribution in [0.1, 0.15) is 39.2 Å². The molecule has 0 amide bonds. The fourth-order valence-corrected chi connectivity index (χ4v) is 1.45. The number of nitrogens with one attached hydrogen (secondary N) is 1. The topological polar surface area (TPSA) is 29.9 Å². The normalized spacial score (nSPS) is 13.0. The highest BCUT2D eigenvalue weighted by molar-refractivity contribution is 4.79. The third-order valence-corrected chi connectivity index (χ3v) is 2.43. The molecule has 1 aromatic rings. The molecule has 0 aromatic carbocycles. The van der Waals surface area contributed by atoms with Gasteiger partial charge in [0.2, 0.25) is 0 Å². The third-order valence-electron chi connectivity index (χ3n) is 2.43. The zero-order chi connectivity index (χ0) is 10.2. The minimum absolute atomic E-state index is 0.499. The van der Waals surface area contributed by atoms with Crippen molar-refractivity contribution in [2.75, 3.05) is 13.1 Å². The minimum Gasteiger partial charge on any atom is -0.333 e. The van der Waals surface area contributed by atoms with Crippen LogP contribution in [0.25, 0.3) is 0 Å². The number of unbranched alkanes of at least 4 members (excludes halogenated alkanes) is 2. The van der Waals surface area contributed by atoms with Crippen molar-refractivity contribution in [1.29, 1.82) is 0 Å². The fraction of sp³-hybridized carbons (Fsp3) is 0.727. The van der Waals surface area contributed by atoms with Crippen LogP contribution in [0.4, 0.5) is 0 Å². The van der Waals surface area contributed by atoms with Crippen molar-refractivity contribution < 1.29 is 0 Å². The molecule has 0 fully saturated rings. The monoisotopic (exact) mass is 195 g/mol. The van der Waals surface area contributed by atoms with E-state index >= 15 is 0 Å². The fourth-order valence-electron chi connectivity index (χ4n) is 1.45. The molecule has 0 saturated heterocycles. The van der Waals surface area contributed by atoms with Gasteiger partial charge in [0.15, 0.2) is 0 Å². The van der Waals surface area contributed by atoms with Gasteiger partial charge in [0, 0.05) is 25.0 Å². The molecule has 80 valence electrons. The Labute approximate surface area is 86.5 Å². The van der Waals surface area contributed by atoms with Crippen LogP contribution in [0.2, 0.25) is 0 Å². The molecule has 0 spiro atoms. The van der Waals surface area contributed by atoms with Gasteiger partial charge < -0.3 is 9.88 Å². The van der Waals surface area contributed by atoms with E-state index in [1.54, 1.807) is 0 Å². The molecule has 1 N–H and O–H groups in total. The molecule has 1 unspecified atom stereocenters. The van der Waals surface area contributed by atoms with E-state index in [0.29, 0.717) is 6.04 Å². The number of rotatable bonds is 7. The first-order valence-electron chi connectivity index (χ1n) is 5.52. The van der Waals surface area contributed by atoms with E-state index in [9.17, 15) is 0 Å². The molecule has 1 rings (SSSR count). The Bertz CT molecular complexity index is 218. The number of imidazole rings is 1. The molecule has 1 heterocycles. The maximum Gasteiger partial charge on any atom is 0.0948 e. The van der Waals surface area contributed by atoms with Gasteiger partial charge in [-0.2, -0.15) is 0 Å². The molecule has 1 atom stereocenters. The van der Waals surface area contributed by atoms with Crippen LogP contribution >= 0.6 is 0 Å². The second-order valence-corrected chi connectivity index (χ2v) is 3.77. The quantitative estimate of drug-likeness (QED) is 0.676. The summed E-state index contributed by atoms with van der Waals surface area (Å²) in [6, 6.07) is 0.499. The van der Waals surface area contributed by atoms with Gasteiger partial charge >= 0.3 is 0 Å². The number of hydrogen-bond donors (Lipinski definition) is 1. The summed E-state index contributed by atoms with van der Waals surface area (Å²) in [5.74, 6) is 0. The van der Waals surface area contributed by atoms with Gasteiger partial charge in [0.1, 0.15) is 0 Å². The van der Waals surface area contributed by atoms with E-state index in [1.807, 2.05) is 18.7 Å². The summed E-state index contributed by atoms with van der Waals surface area (Å²) in [5.41, 5.74) is 0. The van der Waals surface area contributed by atoms with E-state index < -0.39 is 0 Å². The molecule has 3 nitrogen and oxygen atoms in total. The van der Waals surface area contributed by atoms with Crippen LogP contribution in [-0.2, 0) is 0 Å². The largest absolute Gasteiger partial charge is 0.333 e. The van der Waals surface area contributed by atoms with Gasteiger partial charge in [-0.3, -0.25) is 0 Å². The summed E-state index contributed by atoms with van der Waals surface area (Å²) in [6.07, 6.45) is 9.61. The predicted molar refractivity (Wildman–Crippen MR) is 59.3 cm³/mol. The molecule has 1 aromatic heterocycles. The second kappa shape index (κ2) is 6.60. The molecule has 0 saturated carbocycles. The van der Waals surface area contributed by atoms with Crippen molar-refractivity contribution in [3.63, 3.8) is 0 Å². The summed E-state index contributed by atoms with van der Waals surface area (Å²) in [5, 5.41) is 3.46. The van der Waals surface area contributed by atoms with E-state index in [0.717, 1.165) is 13.1 Å². The summed E-state index contributed by atoms with van der Waals surface area (Å²) in [7, 11) is 0. The first-order chi connectivity index (χ1) is 6.84. The van der Waals surface area contributed by atoms with Gasteiger partial charge in [0.25, 0.3) is 0 Å². The Morgan fingerprint density at radius 2 is 2.29 bits per heavy atom. The molecule has 0 aliphatic heterocycles. The number of hydrogen-bond acceptors (Lipinski definition) is 2. The third kappa shape index (κ3) is 3.92. The Kier molecular flexibility index (Phi) is 5.30. The van der Waals surface area contributed by atoms with Crippen molar-refractivity contribution in [3.05, 3.63) is 18.7 Å². The lowest BCUT2D eigenvalue weighted by atomic mass is 10.2. The summed E-state index contributed by atoms with van der Waals surface area (Å²) in [4.78, 5) is 4.04. The molecule has 3 heteroatoms. The Balaban J connectivity index is 2.07. The highest BCUT2D eigenvalue weighted by Gasteiger charge is 2.01. The first kappa shape index (κ1) is 11.2. The summed E-state index contributed by atoms with van der Waals surface area (Å²) >= 11 is 0. The van der Waals surface area contributed by atoms with Gasteiger partial charge in [-0.15, -0.1) is 0 Å². The number of nitrogens with zero attached hydrogens (tertiary/aromatic N) is 2. The van der Waals surface area contributed by atoms with E-state index in [1.165, 1.54) is 19.3 Å². The molecule has 0 radical (unpaired) electrons. The zero-order valence-electron chi connectivity index (χ0n) is 9.24. The predicted octanol–water partition coefficient (Wildman–Crippen LogP) is 2.22. The van der Waals surface area contributed by atoms with Gasteiger partial charge in [0.05, 0.1) is 6.33 Å². The lowest BCUT2D eigenvalue weighted by Gasteiger charge is -2.13. The van der Waals surface area contributed by atoms with Gasteiger partial charge in [-0.25, -0.2) is 4.98 Å². The first-order valence-corrected chi connectivity index (χ1v) is 5.52. The SMILES string of the molecule is CCCCCNCC(C)n1ccnc1. The standard InChI is InChI=1S/C11H21N3/c1-3-4-5-6-12-9-11(2)14-8-7-13-10-14/h7-8,10-12H,3-6,9H2,1-2H3. The van der Waals surface area contributed by atoms with Gasteiger partial charge in [-0.05, 0) is 19.9 Å². The lowest BCUT2D eigenvalue weighted by Crippen LogP contribution is -2.23. The van der Waals surface area contributed by atoms with Crippen LogP contribution in [0.15, 0.2) is 18.7 Å². The summed E-state index contributed by atoms with van der Waals surface area (Å²) < 4.78 is 2.13. The molecule has 0 aliphatic carbocycles. The van der Waals surface area contributed by atoms with E-state index in [2.05, 4.69) is 28.7 Å². The Hall–Kier alpha value is -0.830. The molecular weight excluding hydrogens is 174 g/mol. The van der Waals surface area contributed by atoms with Crippen LogP contribution in [0.3, 0.4) is 0 Å². The van der Waals surface area contributed by atoms with Crippen molar-refractivity contribution in [1.82, 2.24) is 14.9 Å². The Morgan fingerprint density at radius 1 is 1.43 bits per heavy atom. The molecule has 14 heavy (non-hydrogen) atoms. The molecular formula is C11H21N3. The van der Waals surface area contributed by atoms with Crippen LogP contribution in [0, 0.1) is 0 Å². The average Bonchev–Trinajstić information content (AvgIpc) is 2.70. The minimum atomic E-state index is 0.499. The summed E-state index contributed by atoms with van der Waals surface area (Å²) in [6.45, 7) is 6.59. The second-order valence-electron chi connectivity index (χ2n) is 3.77. The van der Waals surface area contributed by atoms with Crippen molar-refractivity contribution in [3.8, 4) is 0 Å². The van der Waals surface area contributed by atoms with Crippen LogP contribution in [0.5, 0.6) is 0 Å². The molecule has 0 aliphatic rings. The molecule has 0 bridgehead atoms. The highest BCUT2D eigenvalue weighted by Crippen LogP contribution is 2.02. The van der Waals surface area contributed by atoms with Crippen LogP contribution < -0.4 is 5.32 Å². The van der Waals surface area contributed by atoms with Gasteiger partial charge in [-0.1, -0.05) is 19.8 Å². The van der Waals surface area contributed by atoms with E-state index in [4.69, 9.17) is 0 Å². The highest BCUT2D eigenvalue weighted by atomic mass is 15.1.